The van der Waals surface area contributed by atoms with Crippen LogP contribution in [0.25, 0.3) is 0 Å². The first-order valence-corrected chi connectivity index (χ1v) is 8.71. The molecule has 5 nitrogen and oxygen atoms in total. The summed E-state index contributed by atoms with van der Waals surface area (Å²) in [6.45, 7) is 7.61. The van der Waals surface area contributed by atoms with Crippen LogP contribution in [0.4, 0.5) is 0 Å². The van der Waals surface area contributed by atoms with Gasteiger partial charge in [0, 0.05) is 32.8 Å². The molecule has 2 saturated heterocycles. The monoisotopic (exact) mass is 330 g/mol. The predicted octanol–water partition coefficient (Wildman–Crippen LogP) is 1.67. The topological polar surface area (TPSA) is 49.9 Å². The van der Waals surface area contributed by atoms with Crippen molar-refractivity contribution in [2.45, 2.75) is 25.7 Å². The molecule has 1 atom stereocenters. The summed E-state index contributed by atoms with van der Waals surface area (Å²) in [7, 11) is 0. The van der Waals surface area contributed by atoms with Gasteiger partial charge >= 0.3 is 0 Å². The second kappa shape index (κ2) is 6.93. The number of carbonyl (C=O) groups is 2. The number of ether oxygens (including phenoxy) is 1. The Hall–Kier alpha value is -1.88. The van der Waals surface area contributed by atoms with Crippen LogP contribution >= 0.6 is 0 Å². The Kier molecular flexibility index (Phi) is 4.90. The number of piperazine rings is 1. The van der Waals surface area contributed by atoms with Crippen LogP contribution in [-0.2, 0) is 19.7 Å². The molecular weight excluding hydrogens is 304 g/mol. The summed E-state index contributed by atoms with van der Waals surface area (Å²) in [5.41, 5.74) is 0.476. The molecule has 1 aromatic carbocycles. The van der Waals surface area contributed by atoms with E-state index < -0.39 is 5.41 Å². The van der Waals surface area contributed by atoms with Gasteiger partial charge in [-0.15, -0.1) is 0 Å². The summed E-state index contributed by atoms with van der Waals surface area (Å²) < 4.78 is 5.31. The lowest BCUT2D eigenvalue weighted by atomic mass is 9.83. The smallest absolute Gasteiger partial charge is 0.232 e. The molecule has 0 aliphatic carbocycles. The van der Waals surface area contributed by atoms with Crippen LogP contribution in [-0.4, -0.2) is 61.0 Å². The Balaban J connectivity index is 1.60. The van der Waals surface area contributed by atoms with Crippen molar-refractivity contribution in [2.24, 2.45) is 5.92 Å². The molecule has 0 spiro atoms. The first-order chi connectivity index (χ1) is 11.5. The summed E-state index contributed by atoms with van der Waals surface area (Å²) in [4.78, 5) is 29.2. The highest BCUT2D eigenvalue weighted by Gasteiger charge is 2.36. The zero-order chi connectivity index (χ0) is 17.2. The number of rotatable bonds is 3. The maximum Gasteiger partial charge on any atom is 0.232 e. The Labute approximate surface area is 143 Å². The average Bonchev–Trinajstić information content (AvgIpc) is 3.16. The molecule has 2 aliphatic rings. The van der Waals surface area contributed by atoms with Gasteiger partial charge in [-0.05, 0) is 25.8 Å². The van der Waals surface area contributed by atoms with Crippen molar-refractivity contribution in [3.05, 3.63) is 35.9 Å². The van der Waals surface area contributed by atoms with Crippen molar-refractivity contribution < 1.29 is 14.3 Å². The Morgan fingerprint density at radius 1 is 1.04 bits per heavy atom. The Morgan fingerprint density at radius 2 is 1.67 bits per heavy atom. The fourth-order valence-corrected chi connectivity index (χ4v) is 3.49. The minimum absolute atomic E-state index is 0.00742. The van der Waals surface area contributed by atoms with Gasteiger partial charge in [-0.1, -0.05) is 30.3 Å². The van der Waals surface area contributed by atoms with Gasteiger partial charge in [0.1, 0.15) is 0 Å². The highest BCUT2D eigenvalue weighted by Crippen LogP contribution is 2.26. The van der Waals surface area contributed by atoms with Gasteiger partial charge in [-0.3, -0.25) is 9.59 Å². The largest absolute Gasteiger partial charge is 0.381 e. The molecule has 0 N–H and O–H groups in total. The van der Waals surface area contributed by atoms with Crippen LogP contribution in [0.1, 0.15) is 25.8 Å². The van der Waals surface area contributed by atoms with E-state index in [1.807, 2.05) is 54.0 Å². The SMILES string of the molecule is CC(C)(C(=O)N1CCN(C(=O)C2CCOC2)CC1)c1ccccc1. The third-order valence-corrected chi connectivity index (χ3v) is 5.19. The quantitative estimate of drug-likeness (QED) is 0.847. The Bertz CT molecular complexity index is 586. The number of nitrogens with zero attached hydrogens (tertiary/aromatic N) is 2. The summed E-state index contributed by atoms with van der Waals surface area (Å²) >= 11 is 0. The lowest BCUT2D eigenvalue weighted by Crippen LogP contribution is -2.55. The molecule has 1 aromatic rings. The first-order valence-electron chi connectivity index (χ1n) is 8.71. The third-order valence-electron chi connectivity index (χ3n) is 5.19. The predicted molar refractivity (Wildman–Crippen MR) is 91.6 cm³/mol. The van der Waals surface area contributed by atoms with Gasteiger partial charge < -0.3 is 14.5 Å². The molecule has 2 aliphatic heterocycles. The normalized spacial score (nSPS) is 21.8. The van der Waals surface area contributed by atoms with E-state index in [0.717, 1.165) is 12.0 Å². The van der Waals surface area contributed by atoms with Gasteiger partial charge in [-0.2, -0.15) is 0 Å². The molecule has 0 saturated carbocycles. The summed E-state index contributed by atoms with van der Waals surface area (Å²) in [6.07, 6.45) is 0.818. The number of benzene rings is 1. The Morgan fingerprint density at radius 3 is 2.25 bits per heavy atom. The van der Waals surface area contributed by atoms with E-state index in [2.05, 4.69) is 0 Å². The minimum atomic E-state index is -0.549. The fraction of sp³-hybridized carbons (Fsp3) is 0.579. The minimum Gasteiger partial charge on any atom is -0.381 e. The molecule has 2 amide bonds. The first kappa shape index (κ1) is 17.0. The van der Waals surface area contributed by atoms with E-state index in [1.54, 1.807) is 0 Å². The zero-order valence-electron chi connectivity index (χ0n) is 14.5. The molecular formula is C19H26N2O3. The van der Waals surface area contributed by atoms with Crippen molar-refractivity contribution in [2.75, 3.05) is 39.4 Å². The third kappa shape index (κ3) is 3.31. The summed E-state index contributed by atoms with van der Waals surface area (Å²) in [6, 6.07) is 9.88. The van der Waals surface area contributed by atoms with E-state index in [1.165, 1.54) is 0 Å². The molecule has 3 rings (SSSR count). The molecule has 24 heavy (non-hydrogen) atoms. The number of carbonyl (C=O) groups excluding carboxylic acids is 2. The molecule has 5 heteroatoms. The van der Waals surface area contributed by atoms with Crippen molar-refractivity contribution in [3.8, 4) is 0 Å². The lowest BCUT2D eigenvalue weighted by Gasteiger charge is -2.39. The van der Waals surface area contributed by atoms with Crippen LogP contribution in [0.5, 0.6) is 0 Å². The molecule has 2 fully saturated rings. The van der Waals surface area contributed by atoms with E-state index >= 15 is 0 Å². The van der Waals surface area contributed by atoms with Crippen molar-refractivity contribution >= 4 is 11.8 Å². The molecule has 1 unspecified atom stereocenters. The van der Waals surface area contributed by atoms with Crippen molar-refractivity contribution in [1.29, 1.82) is 0 Å². The molecule has 130 valence electrons. The highest BCUT2D eigenvalue weighted by molar-refractivity contribution is 5.88. The van der Waals surface area contributed by atoms with Crippen molar-refractivity contribution in [3.63, 3.8) is 0 Å². The van der Waals surface area contributed by atoms with Crippen LogP contribution < -0.4 is 0 Å². The van der Waals surface area contributed by atoms with E-state index in [-0.39, 0.29) is 17.7 Å². The summed E-state index contributed by atoms with van der Waals surface area (Å²) in [5.74, 6) is 0.319. The van der Waals surface area contributed by atoms with E-state index in [9.17, 15) is 9.59 Å². The van der Waals surface area contributed by atoms with Gasteiger partial charge in [0.25, 0.3) is 0 Å². The molecule has 0 radical (unpaired) electrons. The van der Waals surface area contributed by atoms with Crippen LogP contribution in [0, 0.1) is 5.92 Å². The van der Waals surface area contributed by atoms with Crippen molar-refractivity contribution in [1.82, 2.24) is 9.80 Å². The van der Waals surface area contributed by atoms with Crippen LogP contribution in [0.2, 0.25) is 0 Å². The number of hydrogen-bond acceptors (Lipinski definition) is 3. The standard InChI is InChI=1S/C19H26N2O3/c1-19(2,16-6-4-3-5-7-16)18(23)21-11-9-20(10-12-21)17(22)15-8-13-24-14-15/h3-7,15H,8-14H2,1-2H3. The molecule has 0 bridgehead atoms. The fourth-order valence-electron chi connectivity index (χ4n) is 3.49. The second-order valence-corrected chi connectivity index (χ2v) is 7.17. The number of hydrogen-bond donors (Lipinski definition) is 0. The maximum atomic E-state index is 13.0. The van der Waals surface area contributed by atoms with Crippen LogP contribution in [0.15, 0.2) is 30.3 Å². The number of amides is 2. The summed E-state index contributed by atoms with van der Waals surface area (Å²) in [5, 5.41) is 0. The average molecular weight is 330 g/mol. The molecule has 2 heterocycles. The zero-order valence-corrected chi connectivity index (χ0v) is 14.5. The lowest BCUT2D eigenvalue weighted by molar-refractivity contribution is -0.144. The molecule has 0 aromatic heterocycles. The van der Waals surface area contributed by atoms with Gasteiger partial charge in [-0.25, -0.2) is 0 Å². The van der Waals surface area contributed by atoms with Gasteiger partial charge in [0.15, 0.2) is 0 Å². The van der Waals surface area contributed by atoms with Gasteiger partial charge in [0.05, 0.1) is 17.9 Å². The van der Waals surface area contributed by atoms with Gasteiger partial charge in [0.2, 0.25) is 11.8 Å². The van der Waals surface area contributed by atoms with E-state index in [0.29, 0.717) is 39.4 Å². The maximum absolute atomic E-state index is 13.0. The van der Waals surface area contributed by atoms with Crippen LogP contribution in [0.3, 0.4) is 0 Å². The highest BCUT2D eigenvalue weighted by atomic mass is 16.5. The second-order valence-electron chi connectivity index (χ2n) is 7.17. The van der Waals surface area contributed by atoms with E-state index in [4.69, 9.17) is 4.74 Å².